The number of benzene rings is 1. The molecule has 1 aliphatic carbocycles. The van der Waals surface area contributed by atoms with Crippen molar-refractivity contribution >= 4 is 29.5 Å². The smallest absolute Gasteiger partial charge is 0.327 e. The van der Waals surface area contributed by atoms with Crippen LogP contribution >= 0.6 is 0 Å². The first-order valence-electron chi connectivity index (χ1n) is 9.86. The van der Waals surface area contributed by atoms with Gasteiger partial charge in [0.25, 0.3) is 11.8 Å². The molecule has 1 saturated heterocycles. The van der Waals surface area contributed by atoms with Crippen molar-refractivity contribution in [3.63, 3.8) is 0 Å². The van der Waals surface area contributed by atoms with Gasteiger partial charge in [0.1, 0.15) is 12.1 Å². The maximum atomic E-state index is 12.5. The predicted octanol–water partition coefficient (Wildman–Crippen LogP) is 2.40. The van der Waals surface area contributed by atoms with Crippen LogP contribution in [0.25, 0.3) is 0 Å². The van der Waals surface area contributed by atoms with Crippen molar-refractivity contribution in [2.24, 2.45) is 5.92 Å². The van der Waals surface area contributed by atoms with Crippen LogP contribution in [0.15, 0.2) is 24.3 Å². The van der Waals surface area contributed by atoms with Crippen LogP contribution in [0, 0.1) is 5.92 Å². The Morgan fingerprint density at radius 3 is 2.38 bits per heavy atom. The Kier molecular flexibility index (Phi) is 5.64. The molecule has 0 aromatic heterocycles. The zero-order chi connectivity index (χ0) is 21.3. The van der Waals surface area contributed by atoms with Crippen molar-refractivity contribution in [3.8, 4) is 0 Å². The molecule has 0 unspecified atom stereocenters. The van der Waals surface area contributed by atoms with Gasteiger partial charge in [-0.05, 0) is 56.2 Å². The lowest BCUT2D eigenvalue weighted by Crippen LogP contribution is -2.46. The van der Waals surface area contributed by atoms with Crippen molar-refractivity contribution < 1.29 is 23.9 Å². The molecule has 1 saturated carbocycles. The number of imide groups is 1. The molecule has 4 amide bonds. The van der Waals surface area contributed by atoms with Gasteiger partial charge in [0.05, 0.1) is 0 Å². The molecule has 2 N–H and O–H groups in total. The van der Waals surface area contributed by atoms with Crippen LogP contribution in [0.4, 0.5) is 10.5 Å². The molecule has 1 aromatic rings. The number of anilines is 1. The Bertz CT molecular complexity index is 831. The molecule has 0 spiro atoms. The van der Waals surface area contributed by atoms with Crippen molar-refractivity contribution in [2.75, 3.05) is 11.9 Å². The van der Waals surface area contributed by atoms with E-state index in [9.17, 15) is 19.2 Å². The van der Waals surface area contributed by atoms with Gasteiger partial charge in [-0.3, -0.25) is 19.3 Å². The molecule has 8 nitrogen and oxygen atoms in total. The first-order valence-corrected chi connectivity index (χ1v) is 9.86. The van der Waals surface area contributed by atoms with Gasteiger partial charge in [0.2, 0.25) is 0 Å². The molecular formula is C21H27N3O5. The highest BCUT2D eigenvalue weighted by atomic mass is 16.5. The lowest BCUT2D eigenvalue weighted by Gasteiger charge is -2.21. The van der Waals surface area contributed by atoms with Gasteiger partial charge in [-0.1, -0.05) is 26.0 Å². The fourth-order valence-electron chi connectivity index (χ4n) is 3.41. The third kappa shape index (κ3) is 4.41. The normalized spacial score (nSPS) is 22.4. The van der Waals surface area contributed by atoms with Crippen molar-refractivity contribution in [3.05, 3.63) is 29.8 Å². The lowest BCUT2D eigenvalue weighted by molar-refractivity contribution is -0.155. The number of urea groups is 1. The average molecular weight is 401 g/mol. The second kappa shape index (κ2) is 7.85. The third-order valence-electron chi connectivity index (χ3n) is 5.50. The Balaban J connectivity index is 1.52. The maximum Gasteiger partial charge on any atom is 0.327 e. The summed E-state index contributed by atoms with van der Waals surface area (Å²) in [5.74, 6) is -1.25. The number of ether oxygens (including phenoxy) is 1. The Labute approximate surface area is 170 Å². The van der Waals surface area contributed by atoms with E-state index in [2.05, 4.69) is 24.5 Å². The van der Waals surface area contributed by atoms with Crippen LogP contribution in [0.3, 0.4) is 0 Å². The number of carbonyl (C=O) groups is 4. The molecule has 1 aliphatic heterocycles. The second-order valence-corrected chi connectivity index (χ2v) is 8.20. The predicted molar refractivity (Wildman–Crippen MR) is 106 cm³/mol. The summed E-state index contributed by atoms with van der Waals surface area (Å²) in [7, 11) is 0. The lowest BCUT2D eigenvalue weighted by atomic mass is 9.96. The van der Waals surface area contributed by atoms with Gasteiger partial charge < -0.3 is 15.4 Å². The molecule has 29 heavy (non-hydrogen) atoms. The summed E-state index contributed by atoms with van der Waals surface area (Å²) in [6, 6.07) is 6.81. The molecule has 0 bridgehead atoms. The van der Waals surface area contributed by atoms with Gasteiger partial charge >= 0.3 is 12.0 Å². The number of carbonyl (C=O) groups excluding carboxylic acids is 4. The van der Waals surface area contributed by atoms with E-state index in [-0.39, 0.29) is 5.92 Å². The quantitative estimate of drug-likeness (QED) is 0.539. The number of amides is 4. The molecule has 2 fully saturated rings. The fourth-order valence-corrected chi connectivity index (χ4v) is 3.41. The fraction of sp³-hybridized carbons (Fsp3) is 0.524. The standard InChI is InChI=1S/C21H27N3O5/c1-12(2)14-5-9-16(10-6-14)22-18(26)13(3)29-17(25)11-24-19(27)21(4,15-7-8-15)23-20(24)28/h5-6,9-10,12-13,15H,7-8,11H2,1-4H3,(H,22,26)(H,23,28)/t13-,21-/m0/s1. The van der Waals surface area contributed by atoms with E-state index in [4.69, 9.17) is 4.74 Å². The molecule has 156 valence electrons. The second-order valence-electron chi connectivity index (χ2n) is 8.20. The Morgan fingerprint density at radius 1 is 1.21 bits per heavy atom. The molecular weight excluding hydrogens is 374 g/mol. The van der Waals surface area contributed by atoms with Crippen LogP contribution in [-0.4, -0.2) is 46.9 Å². The SMILES string of the molecule is CC(C)c1ccc(NC(=O)[C@H](C)OC(=O)CN2C(=O)N[C@@](C)(C3CC3)C2=O)cc1. The van der Waals surface area contributed by atoms with Crippen molar-refractivity contribution in [1.82, 2.24) is 10.2 Å². The highest BCUT2D eigenvalue weighted by Crippen LogP contribution is 2.42. The van der Waals surface area contributed by atoms with Gasteiger partial charge in [0, 0.05) is 5.69 Å². The Morgan fingerprint density at radius 2 is 1.83 bits per heavy atom. The number of nitrogens with one attached hydrogen (secondary N) is 2. The first kappa shape index (κ1) is 20.8. The zero-order valence-electron chi connectivity index (χ0n) is 17.2. The molecule has 2 atom stereocenters. The highest BCUT2D eigenvalue weighted by molar-refractivity contribution is 6.09. The van der Waals surface area contributed by atoms with Gasteiger partial charge in [0.15, 0.2) is 6.10 Å². The van der Waals surface area contributed by atoms with E-state index in [0.29, 0.717) is 11.6 Å². The Hall–Kier alpha value is -2.90. The van der Waals surface area contributed by atoms with Crippen molar-refractivity contribution in [1.29, 1.82) is 0 Å². The van der Waals surface area contributed by atoms with Crippen LogP contribution in [0.5, 0.6) is 0 Å². The summed E-state index contributed by atoms with van der Waals surface area (Å²) in [6.45, 7) is 6.75. The molecule has 3 rings (SSSR count). The van der Waals surface area contributed by atoms with E-state index < -0.39 is 42.0 Å². The molecule has 2 aliphatic rings. The van der Waals surface area contributed by atoms with Crippen LogP contribution in [0.2, 0.25) is 0 Å². The van der Waals surface area contributed by atoms with E-state index in [0.717, 1.165) is 23.3 Å². The molecule has 1 heterocycles. The van der Waals surface area contributed by atoms with Gasteiger partial charge in [-0.2, -0.15) is 0 Å². The number of rotatable bonds is 7. The summed E-state index contributed by atoms with van der Waals surface area (Å²) in [5.41, 5.74) is 0.786. The minimum Gasteiger partial charge on any atom is -0.451 e. The topological polar surface area (TPSA) is 105 Å². The largest absolute Gasteiger partial charge is 0.451 e. The van der Waals surface area contributed by atoms with Crippen LogP contribution < -0.4 is 10.6 Å². The summed E-state index contributed by atoms with van der Waals surface area (Å²) >= 11 is 0. The molecule has 0 radical (unpaired) electrons. The number of hydrogen-bond acceptors (Lipinski definition) is 5. The first-order chi connectivity index (χ1) is 13.6. The van der Waals surface area contributed by atoms with E-state index in [1.165, 1.54) is 6.92 Å². The monoisotopic (exact) mass is 401 g/mol. The van der Waals surface area contributed by atoms with E-state index >= 15 is 0 Å². The van der Waals surface area contributed by atoms with E-state index in [1.54, 1.807) is 19.1 Å². The third-order valence-corrected chi connectivity index (χ3v) is 5.50. The van der Waals surface area contributed by atoms with Gasteiger partial charge in [-0.25, -0.2) is 4.79 Å². The highest BCUT2D eigenvalue weighted by Gasteiger charge is 2.56. The van der Waals surface area contributed by atoms with Crippen LogP contribution in [0.1, 0.15) is 52.0 Å². The maximum absolute atomic E-state index is 12.5. The average Bonchev–Trinajstić information content (AvgIpc) is 3.48. The minimum atomic E-state index is -1.07. The minimum absolute atomic E-state index is 0.103. The summed E-state index contributed by atoms with van der Waals surface area (Å²) in [6.07, 6.45) is 0.676. The zero-order valence-corrected chi connectivity index (χ0v) is 17.2. The summed E-state index contributed by atoms with van der Waals surface area (Å²) < 4.78 is 5.12. The summed E-state index contributed by atoms with van der Waals surface area (Å²) in [4.78, 5) is 50.0. The van der Waals surface area contributed by atoms with Crippen molar-refractivity contribution in [2.45, 2.75) is 58.1 Å². The number of nitrogens with zero attached hydrogens (tertiary/aromatic N) is 1. The van der Waals surface area contributed by atoms with E-state index in [1.807, 2.05) is 12.1 Å². The molecule has 8 heteroatoms. The summed E-state index contributed by atoms with van der Waals surface area (Å²) in [5, 5.41) is 5.35. The molecule has 1 aromatic carbocycles. The van der Waals surface area contributed by atoms with Crippen LogP contribution in [-0.2, 0) is 19.1 Å². The number of hydrogen-bond donors (Lipinski definition) is 2. The number of esters is 1. The van der Waals surface area contributed by atoms with Gasteiger partial charge in [-0.15, -0.1) is 0 Å².